The van der Waals surface area contributed by atoms with Crippen LogP contribution < -0.4 is 9.47 Å². The number of benzene rings is 2. The largest absolute Gasteiger partial charge is 0.497 e. The molecule has 0 spiro atoms. The molecule has 5 nitrogen and oxygen atoms in total. The summed E-state index contributed by atoms with van der Waals surface area (Å²) in [5.74, 6) is 2.61. The summed E-state index contributed by atoms with van der Waals surface area (Å²) in [4.78, 5) is 14.4. The molecular weight excluding hydrogens is 402 g/mol. The molecule has 0 N–H and O–H groups in total. The lowest BCUT2D eigenvalue weighted by Crippen LogP contribution is -2.37. The highest BCUT2D eigenvalue weighted by molar-refractivity contribution is 5.73. The highest BCUT2D eigenvalue weighted by Gasteiger charge is 2.35. The molecule has 0 saturated carbocycles. The van der Waals surface area contributed by atoms with Gasteiger partial charge in [0.2, 0.25) is 5.91 Å². The van der Waals surface area contributed by atoms with Gasteiger partial charge >= 0.3 is 0 Å². The Morgan fingerprint density at radius 1 is 1.12 bits per heavy atom. The Morgan fingerprint density at radius 3 is 2.47 bits per heavy atom. The van der Waals surface area contributed by atoms with Gasteiger partial charge in [-0.15, -0.1) is 0 Å². The van der Waals surface area contributed by atoms with Gasteiger partial charge in [-0.25, -0.2) is 0 Å². The van der Waals surface area contributed by atoms with Gasteiger partial charge in [-0.3, -0.25) is 4.79 Å². The lowest BCUT2D eigenvalue weighted by Gasteiger charge is -2.40. The molecule has 1 aliphatic rings. The number of ether oxygens (including phenoxy) is 3. The number of methoxy groups -OCH3 is 2. The molecule has 0 unspecified atom stereocenters. The first-order chi connectivity index (χ1) is 15.3. The van der Waals surface area contributed by atoms with Gasteiger partial charge in [-0.2, -0.15) is 0 Å². The van der Waals surface area contributed by atoms with Gasteiger partial charge in [0.25, 0.3) is 0 Å². The summed E-state index contributed by atoms with van der Waals surface area (Å²) in [5.41, 5.74) is 2.19. The van der Waals surface area contributed by atoms with E-state index in [4.69, 9.17) is 14.2 Å². The Morgan fingerprint density at radius 2 is 1.84 bits per heavy atom. The van der Waals surface area contributed by atoms with E-state index in [0.717, 1.165) is 42.9 Å². The maximum atomic E-state index is 12.5. The summed E-state index contributed by atoms with van der Waals surface area (Å²) in [6.07, 6.45) is 2.90. The third kappa shape index (κ3) is 6.26. The highest BCUT2D eigenvalue weighted by Crippen LogP contribution is 2.42. The van der Waals surface area contributed by atoms with Crippen molar-refractivity contribution in [3.05, 3.63) is 59.7 Å². The first-order valence-corrected chi connectivity index (χ1v) is 11.5. The smallest absolute Gasteiger partial charge is 0.219 e. The standard InChI is InChI=1S/C27H37NO4/c1-20(29)28(19-21-10-12-23(30-4)13-11-21)16-14-24(22-15-17-32-27(2,3)18-22)25-8-6-7-9-26(25)31-5/h6-13,22,24H,14-19H2,1-5H3/t22-,24-/m0/s1. The van der Waals surface area contributed by atoms with E-state index in [0.29, 0.717) is 24.9 Å². The van der Waals surface area contributed by atoms with Gasteiger partial charge in [0.1, 0.15) is 11.5 Å². The number of nitrogens with zero attached hydrogens (tertiary/aromatic N) is 1. The first-order valence-electron chi connectivity index (χ1n) is 11.5. The van der Waals surface area contributed by atoms with E-state index >= 15 is 0 Å². The second kappa shape index (κ2) is 10.9. The Kier molecular flexibility index (Phi) is 8.19. The zero-order valence-corrected chi connectivity index (χ0v) is 20.1. The molecule has 2 aromatic rings. The molecule has 1 saturated heterocycles. The topological polar surface area (TPSA) is 48.0 Å². The van der Waals surface area contributed by atoms with E-state index < -0.39 is 0 Å². The first kappa shape index (κ1) is 24.1. The second-order valence-electron chi connectivity index (χ2n) is 9.29. The number of hydrogen-bond donors (Lipinski definition) is 0. The van der Waals surface area contributed by atoms with Crippen molar-refractivity contribution in [2.45, 2.75) is 58.1 Å². The van der Waals surface area contributed by atoms with Crippen molar-refractivity contribution < 1.29 is 19.0 Å². The molecule has 0 aliphatic carbocycles. The van der Waals surface area contributed by atoms with Crippen LogP contribution in [0.2, 0.25) is 0 Å². The third-order valence-electron chi connectivity index (χ3n) is 6.53. The summed E-state index contributed by atoms with van der Waals surface area (Å²) < 4.78 is 17.0. The fraction of sp³-hybridized carbons (Fsp3) is 0.519. The van der Waals surface area contributed by atoms with Crippen LogP contribution >= 0.6 is 0 Å². The van der Waals surface area contributed by atoms with Gasteiger partial charge in [0.15, 0.2) is 0 Å². The summed E-state index contributed by atoms with van der Waals surface area (Å²) in [7, 11) is 3.39. The number of para-hydroxylation sites is 1. The number of rotatable bonds is 9. The molecule has 174 valence electrons. The van der Waals surface area contributed by atoms with Gasteiger partial charge in [-0.1, -0.05) is 30.3 Å². The maximum absolute atomic E-state index is 12.5. The van der Waals surface area contributed by atoms with Crippen LogP contribution in [0.5, 0.6) is 11.5 Å². The number of hydrogen-bond acceptors (Lipinski definition) is 4. The van der Waals surface area contributed by atoms with Crippen molar-refractivity contribution in [2.75, 3.05) is 27.4 Å². The minimum atomic E-state index is -0.132. The van der Waals surface area contributed by atoms with Crippen molar-refractivity contribution in [1.29, 1.82) is 0 Å². The quantitative estimate of drug-likeness (QED) is 0.523. The van der Waals surface area contributed by atoms with Crippen molar-refractivity contribution in [3.8, 4) is 11.5 Å². The molecule has 3 rings (SSSR count). The van der Waals surface area contributed by atoms with Crippen LogP contribution in [0, 0.1) is 5.92 Å². The van der Waals surface area contributed by atoms with Gasteiger partial charge in [-0.05, 0) is 74.3 Å². The Hall–Kier alpha value is -2.53. The van der Waals surface area contributed by atoms with Gasteiger partial charge in [0.05, 0.1) is 19.8 Å². The van der Waals surface area contributed by atoms with Crippen LogP contribution in [0.15, 0.2) is 48.5 Å². The summed E-state index contributed by atoms with van der Waals surface area (Å²) in [6.45, 7) is 8.05. The van der Waals surface area contributed by atoms with Crippen LogP contribution in [0.4, 0.5) is 0 Å². The lowest BCUT2D eigenvalue weighted by atomic mass is 9.75. The monoisotopic (exact) mass is 439 g/mol. The normalized spacial score (nSPS) is 18.6. The molecule has 2 aromatic carbocycles. The molecule has 1 aliphatic heterocycles. The van der Waals surface area contributed by atoms with Crippen LogP contribution in [-0.4, -0.2) is 43.8 Å². The van der Waals surface area contributed by atoms with Crippen LogP contribution in [0.25, 0.3) is 0 Å². The molecule has 5 heteroatoms. The fourth-order valence-electron chi connectivity index (χ4n) is 4.83. The molecule has 32 heavy (non-hydrogen) atoms. The van der Waals surface area contributed by atoms with Crippen LogP contribution in [0.1, 0.15) is 57.1 Å². The van der Waals surface area contributed by atoms with E-state index in [1.807, 2.05) is 41.3 Å². The Bertz CT molecular complexity index is 877. The minimum absolute atomic E-state index is 0.0897. The molecule has 0 aromatic heterocycles. The Labute approximate surface area is 192 Å². The molecule has 1 fully saturated rings. The highest BCUT2D eigenvalue weighted by atomic mass is 16.5. The zero-order chi connectivity index (χ0) is 23.1. The van der Waals surface area contributed by atoms with Crippen LogP contribution in [0.3, 0.4) is 0 Å². The number of carbonyl (C=O) groups is 1. The number of carbonyl (C=O) groups excluding carboxylic acids is 1. The van der Waals surface area contributed by atoms with E-state index in [1.54, 1.807) is 21.1 Å². The predicted octanol–water partition coefficient (Wildman–Crippen LogP) is 5.43. The molecule has 1 heterocycles. The fourth-order valence-corrected chi connectivity index (χ4v) is 4.83. The third-order valence-corrected chi connectivity index (χ3v) is 6.53. The van der Waals surface area contributed by atoms with E-state index in [9.17, 15) is 4.79 Å². The zero-order valence-electron chi connectivity index (χ0n) is 20.1. The predicted molar refractivity (Wildman–Crippen MR) is 127 cm³/mol. The van der Waals surface area contributed by atoms with Crippen molar-refractivity contribution in [3.63, 3.8) is 0 Å². The summed E-state index contributed by atoms with van der Waals surface area (Å²) >= 11 is 0. The van der Waals surface area contributed by atoms with Crippen molar-refractivity contribution in [1.82, 2.24) is 4.90 Å². The van der Waals surface area contributed by atoms with Crippen molar-refractivity contribution in [2.24, 2.45) is 5.92 Å². The Balaban J connectivity index is 1.80. The SMILES string of the molecule is COc1ccc(CN(CC[C@H](c2ccccc2OC)[C@H]2CCOC(C)(C)C2)C(C)=O)cc1. The average Bonchev–Trinajstić information content (AvgIpc) is 2.78. The van der Waals surface area contributed by atoms with Gasteiger partial charge < -0.3 is 19.1 Å². The van der Waals surface area contributed by atoms with Crippen molar-refractivity contribution >= 4 is 5.91 Å². The van der Waals surface area contributed by atoms with Crippen LogP contribution in [-0.2, 0) is 16.1 Å². The molecule has 0 bridgehead atoms. The van der Waals surface area contributed by atoms with E-state index in [-0.39, 0.29) is 11.5 Å². The summed E-state index contributed by atoms with van der Waals surface area (Å²) in [5, 5.41) is 0. The number of amides is 1. The molecule has 0 radical (unpaired) electrons. The summed E-state index contributed by atoms with van der Waals surface area (Å²) in [6, 6.07) is 16.2. The molecular formula is C27H37NO4. The minimum Gasteiger partial charge on any atom is -0.497 e. The van der Waals surface area contributed by atoms with E-state index in [2.05, 4.69) is 26.0 Å². The molecule has 2 atom stereocenters. The van der Waals surface area contributed by atoms with E-state index in [1.165, 1.54) is 5.56 Å². The molecule has 1 amide bonds. The second-order valence-corrected chi connectivity index (χ2v) is 9.29. The lowest BCUT2D eigenvalue weighted by molar-refractivity contribution is -0.129. The van der Waals surface area contributed by atoms with Gasteiger partial charge in [0, 0.05) is 26.6 Å². The maximum Gasteiger partial charge on any atom is 0.219 e. The average molecular weight is 440 g/mol.